The van der Waals surface area contributed by atoms with Gasteiger partial charge in [-0.1, -0.05) is 19.1 Å². The molecule has 4 heteroatoms. The maximum atomic E-state index is 11.7. The molecule has 0 spiro atoms. The molecule has 1 atom stereocenters. The summed E-state index contributed by atoms with van der Waals surface area (Å²) in [7, 11) is 0. The van der Waals surface area contributed by atoms with Crippen molar-refractivity contribution in [3.63, 3.8) is 0 Å². The minimum absolute atomic E-state index is 0.0310. The molecular formula is C15H22O4. The van der Waals surface area contributed by atoms with E-state index in [0.717, 1.165) is 0 Å². The minimum atomic E-state index is -0.702. The summed E-state index contributed by atoms with van der Waals surface area (Å²) < 4.78 is 10.8. The van der Waals surface area contributed by atoms with Crippen LogP contribution in [-0.4, -0.2) is 36.3 Å². The molecule has 1 rings (SSSR count). The normalized spacial score (nSPS) is 12.5. The van der Waals surface area contributed by atoms with Crippen LogP contribution in [0, 0.1) is 0 Å². The summed E-state index contributed by atoms with van der Waals surface area (Å²) in [5.41, 5.74) is 0.557. The van der Waals surface area contributed by atoms with Crippen molar-refractivity contribution in [2.75, 3.05) is 13.2 Å². The molecule has 0 aromatic heterocycles. The van der Waals surface area contributed by atoms with Crippen molar-refractivity contribution in [2.45, 2.75) is 39.4 Å². The molecule has 0 heterocycles. The Labute approximate surface area is 114 Å². The van der Waals surface area contributed by atoms with Crippen molar-refractivity contribution < 1.29 is 19.4 Å². The van der Waals surface area contributed by atoms with Gasteiger partial charge in [0.25, 0.3) is 0 Å². The molecule has 0 fully saturated rings. The van der Waals surface area contributed by atoms with Gasteiger partial charge in [0.05, 0.1) is 18.3 Å². The second-order valence-corrected chi connectivity index (χ2v) is 4.62. The standard InChI is InChI=1S/C15H22O4/c1-4-14(17)13-7-5-6-8-15(13)19-10-12(16)9-18-11(2)3/h5-8,11-12,16H,4,9-10H2,1-3H3. The highest BCUT2D eigenvalue weighted by molar-refractivity contribution is 5.98. The monoisotopic (exact) mass is 266 g/mol. The van der Waals surface area contributed by atoms with Gasteiger partial charge in [0, 0.05) is 6.42 Å². The van der Waals surface area contributed by atoms with Gasteiger partial charge in [-0.05, 0) is 26.0 Å². The van der Waals surface area contributed by atoms with Crippen molar-refractivity contribution in [3.05, 3.63) is 29.8 Å². The third-order valence-corrected chi connectivity index (χ3v) is 2.56. The zero-order chi connectivity index (χ0) is 14.3. The van der Waals surface area contributed by atoms with Crippen molar-refractivity contribution in [3.8, 4) is 5.75 Å². The molecule has 0 aliphatic rings. The van der Waals surface area contributed by atoms with E-state index in [1.165, 1.54) is 0 Å². The number of ether oxygens (including phenoxy) is 2. The van der Waals surface area contributed by atoms with E-state index in [4.69, 9.17) is 9.47 Å². The lowest BCUT2D eigenvalue weighted by molar-refractivity contribution is -0.0123. The topological polar surface area (TPSA) is 55.8 Å². The molecule has 0 aliphatic heterocycles. The average Bonchev–Trinajstić information content (AvgIpc) is 2.42. The second-order valence-electron chi connectivity index (χ2n) is 4.62. The van der Waals surface area contributed by atoms with Crippen molar-refractivity contribution >= 4 is 5.78 Å². The van der Waals surface area contributed by atoms with Gasteiger partial charge in [0.15, 0.2) is 5.78 Å². The van der Waals surface area contributed by atoms with E-state index in [1.807, 2.05) is 20.8 Å². The molecule has 1 unspecified atom stereocenters. The summed E-state index contributed by atoms with van der Waals surface area (Å²) >= 11 is 0. The van der Waals surface area contributed by atoms with E-state index in [9.17, 15) is 9.90 Å². The van der Waals surface area contributed by atoms with Crippen LogP contribution in [0.25, 0.3) is 0 Å². The highest BCUT2D eigenvalue weighted by Gasteiger charge is 2.12. The second kappa shape index (κ2) is 7.92. The van der Waals surface area contributed by atoms with Gasteiger partial charge in [-0.2, -0.15) is 0 Å². The predicted octanol–water partition coefficient (Wildman–Crippen LogP) is 2.44. The molecule has 1 aromatic rings. The lowest BCUT2D eigenvalue weighted by Crippen LogP contribution is -2.25. The van der Waals surface area contributed by atoms with Crippen molar-refractivity contribution in [1.29, 1.82) is 0 Å². The Morgan fingerprint density at radius 1 is 1.26 bits per heavy atom. The Kier molecular flexibility index (Phi) is 6.53. The van der Waals surface area contributed by atoms with Crippen LogP contribution in [0.2, 0.25) is 0 Å². The van der Waals surface area contributed by atoms with Crippen molar-refractivity contribution in [2.24, 2.45) is 0 Å². The molecule has 1 aromatic carbocycles. The van der Waals surface area contributed by atoms with E-state index in [1.54, 1.807) is 24.3 Å². The van der Waals surface area contributed by atoms with Crippen LogP contribution in [0.5, 0.6) is 5.75 Å². The third-order valence-electron chi connectivity index (χ3n) is 2.56. The van der Waals surface area contributed by atoms with Gasteiger partial charge in [-0.3, -0.25) is 4.79 Å². The number of carbonyl (C=O) groups is 1. The Hall–Kier alpha value is -1.39. The van der Waals surface area contributed by atoms with Crippen LogP contribution in [0.1, 0.15) is 37.6 Å². The largest absolute Gasteiger partial charge is 0.490 e. The molecule has 4 nitrogen and oxygen atoms in total. The Bertz CT molecular complexity index is 401. The number of rotatable bonds is 8. The zero-order valence-electron chi connectivity index (χ0n) is 11.8. The molecule has 0 amide bonds. The van der Waals surface area contributed by atoms with E-state index < -0.39 is 6.10 Å². The molecular weight excluding hydrogens is 244 g/mol. The van der Waals surface area contributed by atoms with E-state index in [2.05, 4.69) is 0 Å². The van der Waals surface area contributed by atoms with Crippen LogP contribution in [0.4, 0.5) is 0 Å². The van der Waals surface area contributed by atoms with Gasteiger partial charge < -0.3 is 14.6 Å². The molecule has 1 N–H and O–H groups in total. The SMILES string of the molecule is CCC(=O)c1ccccc1OCC(O)COC(C)C. The van der Waals surface area contributed by atoms with Gasteiger partial charge in [-0.25, -0.2) is 0 Å². The quantitative estimate of drug-likeness (QED) is 0.734. The fraction of sp³-hybridized carbons (Fsp3) is 0.533. The van der Waals surface area contributed by atoms with E-state index in [0.29, 0.717) is 17.7 Å². The van der Waals surface area contributed by atoms with Crippen molar-refractivity contribution in [1.82, 2.24) is 0 Å². The molecule has 106 valence electrons. The van der Waals surface area contributed by atoms with Crippen LogP contribution >= 0.6 is 0 Å². The van der Waals surface area contributed by atoms with Crippen LogP contribution in [-0.2, 0) is 4.74 Å². The molecule has 0 radical (unpaired) electrons. The number of ketones is 1. The first-order chi connectivity index (χ1) is 9.04. The maximum Gasteiger partial charge on any atom is 0.166 e. The molecule has 0 saturated carbocycles. The maximum absolute atomic E-state index is 11.7. The minimum Gasteiger partial charge on any atom is -0.490 e. The number of para-hydroxylation sites is 1. The summed E-state index contributed by atoms with van der Waals surface area (Å²) in [6.07, 6.45) is -0.199. The summed E-state index contributed by atoms with van der Waals surface area (Å²) in [5.74, 6) is 0.543. The number of hydrogen-bond acceptors (Lipinski definition) is 4. The highest BCUT2D eigenvalue weighted by Crippen LogP contribution is 2.19. The average molecular weight is 266 g/mol. The summed E-state index contributed by atoms with van der Waals surface area (Å²) in [6, 6.07) is 7.07. The smallest absolute Gasteiger partial charge is 0.166 e. The first-order valence-corrected chi connectivity index (χ1v) is 6.59. The highest BCUT2D eigenvalue weighted by atomic mass is 16.5. The fourth-order valence-corrected chi connectivity index (χ4v) is 1.55. The van der Waals surface area contributed by atoms with Crippen LogP contribution in [0.15, 0.2) is 24.3 Å². The number of aliphatic hydroxyl groups is 1. The Morgan fingerprint density at radius 2 is 1.95 bits per heavy atom. The van der Waals surface area contributed by atoms with Gasteiger partial charge >= 0.3 is 0 Å². The number of benzene rings is 1. The van der Waals surface area contributed by atoms with Gasteiger partial charge in [0.1, 0.15) is 18.5 Å². The van der Waals surface area contributed by atoms with Crippen LogP contribution in [0.3, 0.4) is 0 Å². The number of hydrogen-bond donors (Lipinski definition) is 1. The van der Waals surface area contributed by atoms with E-state index in [-0.39, 0.29) is 25.1 Å². The number of aliphatic hydroxyl groups excluding tert-OH is 1. The molecule has 19 heavy (non-hydrogen) atoms. The summed E-state index contributed by atoms with van der Waals surface area (Å²) in [4.78, 5) is 11.7. The third kappa shape index (κ3) is 5.41. The molecule has 0 saturated heterocycles. The first-order valence-electron chi connectivity index (χ1n) is 6.59. The predicted molar refractivity (Wildman–Crippen MR) is 73.7 cm³/mol. The van der Waals surface area contributed by atoms with Crippen LogP contribution < -0.4 is 4.74 Å². The number of carbonyl (C=O) groups excluding carboxylic acids is 1. The molecule has 0 aliphatic carbocycles. The molecule has 0 bridgehead atoms. The summed E-state index contributed by atoms with van der Waals surface area (Å²) in [5, 5.41) is 9.71. The first kappa shape index (κ1) is 15.7. The lowest BCUT2D eigenvalue weighted by atomic mass is 10.1. The number of Topliss-reactive ketones (excluding diaryl/α,β-unsaturated/α-hetero) is 1. The Balaban J connectivity index is 2.55. The Morgan fingerprint density at radius 3 is 2.58 bits per heavy atom. The zero-order valence-corrected chi connectivity index (χ0v) is 11.8. The summed E-state index contributed by atoms with van der Waals surface area (Å²) in [6.45, 7) is 5.96. The lowest BCUT2D eigenvalue weighted by Gasteiger charge is -2.15. The van der Waals surface area contributed by atoms with Gasteiger partial charge in [0.2, 0.25) is 0 Å². The van der Waals surface area contributed by atoms with E-state index >= 15 is 0 Å². The fourth-order valence-electron chi connectivity index (χ4n) is 1.55. The van der Waals surface area contributed by atoms with Gasteiger partial charge in [-0.15, -0.1) is 0 Å².